The van der Waals surface area contributed by atoms with E-state index < -0.39 is 0 Å². The van der Waals surface area contributed by atoms with E-state index in [9.17, 15) is 4.79 Å². The van der Waals surface area contributed by atoms with Crippen molar-refractivity contribution >= 4 is 11.7 Å². The molecule has 3 aromatic rings. The summed E-state index contributed by atoms with van der Waals surface area (Å²) < 4.78 is 6.02. The highest BCUT2D eigenvalue weighted by Crippen LogP contribution is 2.29. The van der Waals surface area contributed by atoms with Gasteiger partial charge in [0.2, 0.25) is 0 Å². The summed E-state index contributed by atoms with van der Waals surface area (Å²) in [6.45, 7) is 8.58. The van der Waals surface area contributed by atoms with E-state index in [4.69, 9.17) is 10.5 Å². The van der Waals surface area contributed by atoms with E-state index in [0.29, 0.717) is 29.8 Å². The number of nitrogens with two attached hydrogens (primary N) is 1. The molecule has 6 nitrogen and oxygen atoms in total. The zero-order chi connectivity index (χ0) is 25.2. The maximum atomic E-state index is 12.9. The number of hydrogen-bond acceptors (Lipinski definition) is 5. The first-order valence-electron chi connectivity index (χ1n) is 12.2. The Morgan fingerprint density at radius 3 is 2.37 bits per heavy atom. The number of nitrogen functional groups attached to an aromatic ring is 1. The van der Waals surface area contributed by atoms with Crippen molar-refractivity contribution in [3.8, 4) is 16.9 Å². The highest BCUT2D eigenvalue weighted by atomic mass is 16.5. The van der Waals surface area contributed by atoms with Gasteiger partial charge in [0.1, 0.15) is 6.61 Å². The number of carbonyl (C=O) groups excluding carboxylic acids is 1. The fourth-order valence-electron chi connectivity index (χ4n) is 4.33. The summed E-state index contributed by atoms with van der Waals surface area (Å²) in [7, 11) is 4.13. The van der Waals surface area contributed by atoms with Crippen molar-refractivity contribution in [2.24, 2.45) is 0 Å². The number of pyridine rings is 1. The molecule has 1 fully saturated rings. The Balaban J connectivity index is 1.43. The van der Waals surface area contributed by atoms with Crippen LogP contribution in [0.25, 0.3) is 11.1 Å². The van der Waals surface area contributed by atoms with E-state index in [1.165, 1.54) is 5.56 Å². The van der Waals surface area contributed by atoms with Crippen LogP contribution in [-0.4, -0.2) is 53.9 Å². The van der Waals surface area contributed by atoms with Gasteiger partial charge in [-0.05, 0) is 60.8 Å². The first kappa shape index (κ1) is 24.7. The maximum Gasteiger partial charge on any atom is 0.253 e. The summed E-state index contributed by atoms with van der Waals surface area (Å²) in [6.07, 6.45) is 2.75. The molecule has 0 radical (unpaired) electrons. The van der Waals surface area contributed by atoms with Gasteiger partial charge >= 0.3 is 0 Å². The molecule has 1 saturated heterocycles. The molecular formula is C29H36N4O2. The topological polar surface area (TPSA) is 71.7 Å². The number of likely N-dealkylation sites (tertiary alicyclic amines) is 1. The van der Waals surface area contributed by atoms with Crippen molar-refractivity contribution < 1.29 is 9.53 Å². The third-order valence-electron chi connectivity index (χ3n) is 6.74. The predicted octanol–water partition coefficient (Wildman–Crippen LogP) is 4.98. The van der Waals surface area contributed by atoms with Gasteiger partial charge in [-0.15, -0.1) is 0 Å². The molecule has 4 rings (SSSR count). The number of hydrogen-bond donors (Lipinski definition) is 1. The van der Waals surface area contributed by atoms with Gasteiger partial charge < -0.3 is 20.3 Å². The molecular weight excluding hydrogens is 436 g/mol. The van der Waals surface area contributed by atoms with Crippen LogP contribution in [-0.2, 0) is 12.0 Å². The molecule has 2 N–H and O–H groups in total. The Hall–Kier alpha value is -3.38. The Labute approximate surface area is 208 Å². The normalized spacial score (nSPS) is 16.1. The maximum absolute atomic E-state index is 12.9. The highest BCUT2D eigenvalue weighted by molar-refractivity contribution is 5.95. The molecule has 0 bridgehead atoms. The number of benzene rings is 2. The van der Waals surface area contributed by atoms with Gasteiger partial charge in [0.05, 0.1) is 0 Å². The van der Waals surface area contributed by atoms with Crippen molar-refractivity contribution in [2.75, 3.05) is 32.9 Å². The smallest absolute Gasteiger partial charge is 0.253 e. The summed E-state index contributed by atoms with van der Waals surface area (Å²) >= 11 is 0. The highest BCUT2D eigenvalue weighted by Gasteiger charge is 2.28. The minimum atomic E-state index is 0.0813. The lowest BCUT2D eigenvalue weighted by Crippen LogP contribution is -2.34. The Kier molecular flexibility index (Phi) is 7.13. The largest absolute Gasteiger partial charge is 0.485 e. The van der Waals surface area contributed by atoms with Crippen LogP contribution < -0.4 is 10.5 Å². The summed E-state index contributed by atoms with van der Waals surface area (Å²) in [5, 5.41) is 0. The zero-order valence-electron chi connectivity index (χ0n) is 21.4. The van der Waals surface area contributed by atoms with Crippen molar-refractivity contribution in [3.05, 3.63) is 77.5 Å². The van der Waals surface area contributed by atoms with E-state index in [-0.39, 0.29) is 11.3 Å². The van der Waals surface area contributed by atoms with E-state index in [0.717, 1.165) is 36.2 Å². The van der Waals surface area contributed by atoms with E-state index in [1.54, 1.807) is 6.20 Å². The van der Waals surface area contributed by atoms with Crippen molar-refractivity contribution in [3.63, 3.8) is 0 Å². The van der Waals surface area contributed by atoms with Crippen molar-refractivity contribution in [1.82, 2.24) is 14.8 Å². The van der Waals surface area contributed by atoms with Crippen molar-refractivity contribution in [1.29, 1.82) is 0 Å². The number of ether oxygens (including phenoxy) is 1. The number of amides is 1. The lowest BCUT2D eigenvalue weighted by molar-refractivity contribution is 0.0783. The average molecular weight is 473 g/mol. The second kappa shape index (κ2) is 10.1. The van der Waals surface area contributed by atoms with Crippen LogP contribution in [0.2, 0.25) is 0 Å². The average Bonchev–Trinajstić information content (AvgIpc) is 3.34. The third kappa shape index (κ3) is 5.82. The van der Waals surface area contributed by atoms with Gasteiger partial charge in [-0.25, -0.2) is 4.98 Å². The zero-order valence-corrected chi connectivity index (χ0v) is 21.4. The molecule has 1 atom stereocenters. The van der Waals surface area contributed by atoms with E-state index >= 15 is 0 Å². The summed E-state index contributed by atoms with van der Waals surface area (Å²) in [4.78, 5) is 21.4. The molecule has 1 aliphatic rings. The minimum absolute atomic E-state index is 0.0813. The molecule has 1 amide bonds. The molecule has 0 saturated carbocycles. The molecule has 6 heteroatoms. The standard InChI is InChI=1S/C29H36N4O2/c1-29(2,3)24-12-6-20(7-13-24)19-35-26-16-23(17-31-27(26)30)21-8-10-22(11-9-21)28(34)33-15-14-25(18-33)32(4)5/h6-13,16-17,25H,14-15,18-19H2,1-5H3,(H2,30,31)/t25-/m1/s1. The second-order valence-electron chi connectivity index (χ2n) is 10.6. The van der Waals surface area contributed by atoms with E-state index in [1.807, 2.05) is 35.2 Å². The van der Waals surface area contributed by atoms with Crippen LogP contribution in [0.3, 0.4) is 0 Å². The van der Waals surface area contributed by atoms with Crippen LogP contribution in [0.1, 0.15) is 48.7 Å². The van der Waals surface area contributed by atoms with Crippen LogP contribution >= 0.6 is 0 Å². The fraction of sp³-hybridized carbons (Fsp3) is 0.379. The van der Waals surface area contributed by atoms with Gasteiger partial charge in [-0.3, -0.25) is 4.79 Å². The Bertz CT molecular complexity index is 1160. The van der Waals surface area contributed by atoms with Crippen molar-refractivity contribution in [2.45, 2.75) is 45.3 Å². The van der Waals surface area contributed by atoms with Crippen LogP contribution in [0.5, 0.6) is 5.75 Å². The lowest BCUT2D eigenvalue weighted by Gasteiger charge is -2.20. The van der Waals surface area contributed by atoms with Crippen LogP contribution in [0, 0.1) is 0 Å². The molecule has 2 aromatic carbocycles. The first-order chi connectivity index (χ1) is 16.6. The van der Waals surface area contributed by atoms with E-state index in [2.05, 4.69) is 69.0 Å². The second-order valence-corrected chi connectivity index (χ2v) is 10.6. The number of nitrogens with zero attached hydrogens (tertiary/aromatic N) is 3. The minimum Gasteiger partial charge on any atom is -0.485 e. The van der Waals surface area contributed by atoms with Crippen LogP contribution in [0.15, 0.2) is 60.8 Å². The lowest BCUT2D eigenvalue weighted by atomic mass is 9.87. The summed E-state index contributed by atoms with van der Waals surface area (Å²) in [5.41, 5.74) is 11.1. The number of aromatic nitrogens is 1. The molecule has 184 valence electrons. The number of likely N-dealkylation sites (N-methyl/N-ethyl adjacent to an activating group) is 1. The Morgan fingerprint density at radius 1 is 1.09 bits per heavy atom. The molecule has 0 unspecified atom stereocenters. The first-order valence-corrected chi connectivity index (χ1v) is 12.2. The number of rotatable bonds is 6. The molecule has 1 aliphatic heterocycles. The molecule has 0 aliphatic carbocycles. The quantitative estimate of drug-likeness (QED) is 0.548. The van der Waals surface area contributed by atoms with Gasteiger partial charge in [0.15, 0.2) is 11.6 Å². The Morgan fingerprint density at radius 2 is 1.77 bits per heavy atom. The number of anilines is 1. The molecule has 2 heterocycles. The van der Waals surface area contributed by atoms with Gasteiger partial charge in [-0.2, -0.15) is 0 Å². The summed E-state index contributed by atoms with van der Waals surface area (Å²) in [6, 6.07) is 18.5. The molecule has 35 heavy (non-hydrogen) atoms. The molecule has 0 spiro atoms. The summed E-state index contributed by atoms with van der Waals surface area (Å²) in [5.74, 6) is 0.989. The monoisotopic (exact) mass is 472 g/mol. The third-order valence-corrected chi connectivity index (χ3v) is 6.74. The molecule has 1 aromatic heterocycles. The fourth-order valence-corrected chi connectivity index (χ4v) is 4.33. The number of carbonyl (C=O) groups is 1. The van der Waals surface area contributed by atoms with Crippen LogP contribution in [0.4, 0.5) is 5.82 Å². The predicted molar refractivity (Wildman–Crippen MR) is 142 cm³/mol. The van der Waals surface area contributed by atoms with Gasteiger partial charge in [0, 0.05) is 36.5 Å². The van der Waals surface area contributed by atoms with Gasteiger partial charge in [-0.1, -0.05) is 57.2 Å². The SMILES string of the molecule is CN(C)[C@@H]1CCN(C(=O)c2ccc(-c3cnc(N)c(OCc4ccc(C(C)(C)C)cc4)c3)cc2)C1. The van der Waals surface area contributed by atoms with Gasteiger partial charge in [0.25, 0.3) is 5.91 Å².